The molecule has 0 saturated carbocycles. The number of thioether (sulfide) groups is 1. The number of benzene rings is 2. The predicted molar refractivity (Wildman–Crippen MR) is 302 cm³/mol. The van der Waals surface area contributed by atoms with E-state index in [1.54, 1.807) is 19.2 Å². The third-order valence-corrected chi connectivity index (χ3v) is 16.7. The monoisotopic (exact) mass is 1160 g/mol. The number of nitrogens with one attached hydrogen (secondary N) is 5. The highest BCUT2D eigenvalue weighted by atomic mass is 32.2. The van der Waals surface area contributed by atoms with E-state index in [1.807, 2.05) is 55.7 Å². The van der Waals surface area contributed by atoms with Crippen molar-refractivity contribution < 1.29 is 71.2 Å². The molecule has 6 N–H and O–H groups in total. The Morgan fingerprint density at radius 3 is 1.96 bits per heavy atom. The summed E-state index contributed by atoms with van der Waals surface area (Å²) in [5.74, 6) is -5.90. The van der Waals surface area contributed by atoms with Crippen LogP contribution in [0.4, 0.5) is 18.4 Å². The van der Waals surface area contributed by atoms with Gasteiger partial charge in [-0.1, -0.05) is 90.4 Å². The number of nitrogens with zero attached hydrogens (tertiary/aromatic N) is 2. The average Bonchev–Trinajstić information content (AvgIpc) is 3.79. The van der Waals surface area contributed by atoms with Crippen molar-refractivity contribution in [1.29, 1.82) is 0 Å². The van der Waals surface area contributed by atoms with Crippen LogP contribution < -0.4 is 26.6 Å². The molecule has 20 nitrogen and oxygen atoms in total. The van der Waals surface area contributed by atoms with Gasteiger partial charge in [-0.05, 0) is 60.7 Å². The molecule has 0 bridgehead atoms. The number of aromatic nitrogens is 1. The summed E-state index contributed by atoms with van der Waals surface area (Å²) in [5.41, 5.74) is 0.929. The van der Waals surface area contributed by atoms with Gasteiger partial charge in [-0.25, -0.2) is 23.2 Å². The average molecular weight is 1160 g/mol. The molecule has 1 aromatic heterocycles. The number of hydrogen-bond acceptors (Lipinski definition) is 14. The van der Waals surface area contributed by atoms with E-state index in [4.69, 9.17) is 18.9 Å². The molecule has 438 valence electrons. The molecule has 0 spiro atoms. The van der Waals surface area contributed by atoms with E-state index in [1.165, 1.54) is 4.90 Å². The number of methoxy groups -OCH3 is 1. The highest BCUT2D eigenvalue weighted by Crippen LogP contribution is 2.41. The van der Waals surface area contributed by atoms with E-state index in [0.29, 0.717) is 23.3 Å². The minimum absolute atomic E-state index is 0.00465. The van der Waals surface area contributed by atoms with Crippen LogP contribution in [-0.4, -0.2) is 161 Å². The number of carbonyl (C=O) groups is 8. The van der Waals surface area contributed by atoms with E-state index >= 15 is 4.39 Å². The van der Waals surface area contributed by atoms with Crippen molar-refractivity contribution in [3.63, 3.8) is 0 Å². The van der Waals surface area contributed by atoms with Crippen molar-refractivity contribution in [3.8, 4) is 11.1 Å². The summed E-state index contributed by atoms with van der Waals surface area (Å²) >= 11 is 0.853. The van der Waals surface area contributed by atoms with Crippen LogP contribution in [0.25, 0.3) is 11.1 Å². The molecule has 0 saturated heterocycles. The topological polar surface area (TPSA) is 262 Å². The zero-order valence-corrected chi connectivity index (χ0v) is 50.2. The van der Waals surface area contributed by atoms with E-state index in [9.17, 15) is 47.9 Å². The Morgan fingerprint density at radius 2 is 1.39 bits per heavy atom. The molecule has 3 aromatic rings. The molecule has 0 aliphatic carbocycles. The first-order chi connectivity index (χ1) is 37.0. The van der Waals surface area contributed by atoms with E-state index in [-0.39, 0.29) is 63.7 Å². The fourth-order valence-electron chi connectivity index (χ4n) is 7.88. The third kappa shape index (κ3) is 24.3. The lowest BCUT2D eigenvalue weighted by atomic mass is 9.82. The standard InChI is InChI=1S/C54H81F2N7O13SSi2/c1-12-74-47(67)30-44(77-35-42(51(70)73-5)61-53(72)76-25-27-79(9,10)11)50(69)59-31-45(65)57-21-22-58-49(68)41(60-52(71)75-24-26-78(6,7)8)20-23-63(46(66)34-64)48(54(2,3)4)43-28-37(39-29-38(55)18-19-40(39)56)33-62(43)32-36-16-14-13-15-17-36/h13-19,28-29,33,41-42,44,48,64H,12,20-27,30-32,34-35H2,1-11H3,(H,57,65)(H,58,68)(H,59,69)(H,60,71)(H,61,72). The molecule has 3 rings (SSSR count). The number of hydrogen-bond donors (Lipinski definition) is 6. The number of aliphatic hydroxyl groups excluding tert-OH is 1. The fourth-order valence-corrected chi connectivity index (χ4v) is 10.4. The van der Waals surface area contributed by atoms with Crippen LogP contribution >= 0.6 is 11.8 Å². The van der Waals surface area contributed by atoms with Gasteiger partial charge in [0.05, 0.1) is 51.2 Å². The summed E-state index contributed by atoms with van der Waals surface area (Å²) in [6, 6.07) is 12.1. The van der Waals surface area contributed by atoms with Crippen molar-refractivity contribution in [2.75, 3.05) is 65.5 Å². The van der Waals surface area contributed by atoms with Gasteiger partial charge in [0, 0.05) is 71.1 Å². The maximum Gasteiger partial charge on any atom is 0.407 e. The molecule has 4 atom stereocenters. The lowest BCUT2D eigenvalue weighted by molar-refractivity contribution is -0.144. The Balaban J connectivity index is 1.80. The first kappa shape index (κ1) is 67.0. The van der Waals surface area contributed by atoms with Crippen LogP contribution in [0.2, 0.25) is 51.4 Å². The Morgan fingerprint density at radius 1 is 0.785 bits per heavy atom. The molecule has 2 aromatic carbocycles. The number of ether oxygens (including phenoxy) is 4. The van der Waals surface area contributed by atoms with Crippen LogP contribution in [0, 0.1) is 17.0 Å². The van der Waals surface area contributed by atoms with Gasteiger partial charge in [0.1, 0.15) is 30.3 Å². The van der Waals surface area contributed by atoms with Crippen molar-refractivity contribution in [1.82, 2.24) is 36.1 Å². The van der Waals surface area contributed by atoms with Gasteiger partial charge >= 0.3 is 24.1 Å². The Kier molecular flexibility index (Phi) is 27.2. The number of aliphatic hydroxyl groups is 1. The first-order valence-corrected chi connectivity index (χ1v) is 34.7. The largest absolute Gasteiger partial charge is 0.467 e. The maximum absolute atomic E-state index is 15.3. The van der Waals surface area contributed by atoms with Crippen molar-refractivity contribution in [3.05, 3.63) is 83.7 Å². The van der Waals surface area contributed by atoms with Crippen LogP contribution in [0.5, 0.6) is 0 Å². The summed E-state index contributed by atoms with van der Waals surface area (Å²) in [5, 5.41) is 22.0. The van der Waals surface area contributed by atoms with Gasteiger partial charge in [0.2, 0.25) is 23.6 Å². The third-order valence-electron chi connectivity index (χ3n) is 12.0. The van der Waals surface area contributed by atoms with Crippen LogP contribution in [0.15, 0.2) is 60.8 Å². The van der Waals surface area contributed by atoms with E-state index < -0.39 is 124 Å². The summed E-state index contributed by atoms with van der Waals surface area (Å²) < 4.78 is 52.3. The SMILES string of the molecule is CCOC(=O)CC(SCC(NC(=O)OCC[Si](C)(C)C)C(=O)OC)C(=O)NCC(=O)NCCNC(=O)C(CCN(C(=O)CO)C(c1cc(-c2cc(F)ccc2F)cn1Cc1ccccc1)C(C)(C)C)NC(=O)OCC[Si](C)(C)C. The molecule has 0 aliphatic heterocycles. The molecule has 4 unspecified atom stereocenters. The lowest BCUT2D eigenvalue weighted by Crippen LogP contribution is -2.51. The van der Waals surface area contributed by atoms with Crippen molar-refractivity contribution in [2.24, 2.45) is 5.41 Å². The summed E-state index contributed by atoms with van der Waals surface area (Å²) in [7, 11) is -2.04. The van der Waals surface area contributed by atoms with E-state index in [2.05, 4.69) is 65.9 Å². The van der Waals surface area contributed by atoms with Gasteiger partial charge in [-0.15, -0.1) is 11.8 Å². The van der Waals surface area contributed by atoms with Crippen LogP contribution in [-0.2, 0) is 54.3 Å². The normalized spacial score (nSPS) is 13.1. The predicted octanol–water partition coefficient (Wildman–Crippen LogP) is 6.22. The highest BCUT2D eigenvalue weighted by Gasteiger charge is 2.38. The molecule has 0 radical (unpaired) electrons. The Hall–Kier alpha value is -6.32. The second-order valence-corrected chi connectivity index (χ2v) is 34.7. The number of rotatable bonds is 31. The first-order valence-electron chi connectivity index (χ1n) is 26.2. The molecule has 0 aliphatic rings. The van der Waals surface area contributed by atoms with Gasteiger partial charge < -0.3 is 60.1 Å². The van der Waals surface area contributed by atoms with Crippen molar-refractivity contribution in [2.45, 2.75) is 122 Å². The smallest absolute Gasteiger partial charge is 0.407 e. The number of halogens is 2. The number of amides is 6. The summed E-state index contributed by atoms with van der Waals surface area (Å²) in [4.78, 5) is 107. The number of carbonyl (C=O) groups excluding carboxylic acids is 8. The molecule has 25 heteroatoms. The summed E-state index contributed by atoms with van der Waals surface area (Å²) in [6.07, 6.45) is -0.703. The fraction of sp³-hybridized carbons (Fsp3) is 0.556. The van der Waals surface area contributed by atoms with E-state index in [0.717, 1.165) is 42.6 Å². The molecule has 6 amide bonds. The van der Waals surface area contributed by atoms with Crippen molar-refractivity contribution >= 4 is 75.7 Å². The van der Waals surface area contributed by atoms with Crippen LogP contribution in [0.1, 0.15) is 57.8 Å². The van der Waals surface area contributed by atoms with Gasteiger partial charge in [0.15, 0.2) is 0 Å². The highest BCUT2D eigenvalue weighted by molar-refractivity contribution is 8.00. The Labute approximate surface area is 468 Å². The molecular formula is C54H81F2N7O13SSi2. The number of alkyl carbamates (subject to hydrolysis) is 2. The zero-order valence-electron chi connectivity index (χ0n) is 47.4. The lowest BCUT2D eigenvalue weighted by Gasteiger charge is -2.41. The quantitative estimate of drug-likeness (QED) is 0.0181. The van der Waals surface area contributed by atoms with Gasteiger partial charge in [-0.3, -0.25) is 24.0 Å². The number of esters is 2. The molecule has 0 fully saturated rings. The Bertz CT molecular complexity index is 2520. The maximum atomic E-state index is 15.3. The van der Waals surface area contributed by atoms with Crippen LogP contribution in [0.3, 0.4) is 0 Å². The summed E-state index contributed by atoms with van der Waals surface area (Å²) in [6.45, 7) is 18.4. The molecular weight excluding hydrogens is 1080 g/mol. The molecule has 1 heterocycles. The molecule has 79 heavy (non-hydrogen) atoms. The second-order valence-electron chi connectivity index (χ2n) is 22.2. The minimum atomic E-state index is -1.64. The second kappa shape index (κ2) is 32.1. The van der Waals surface area contributed by atoms with Gasteiger partial charge in [-0.2, -0.15) is 0 Å². The zero-order chi connectivity index (χ0) is 59.1. The van der Waals surface area contributed by atoms with Gasteiger partial charge in [0.25, 0.3) is 0 Å². The minimum Gasteiger partial charge on any atom is -0.467 e.